The van der Waals surface area contributed by atoms with Gasteiger partial charge in [0, 0.05) is 0 Å². The second-order valence-electron chi connectivity index (χ2n) is 2.75. The zero-order chi connectivity index (χ0) is 11.0. The van der Waals surface area contributed by atoms with Gasteiger partial charge in [-0.1, -0.05) is 13.3 Å². The van der Waals surface area contributed by atoms with Crippen molar-refractivity contribution in [2.75, 3.05) is 13.2 Å². The first kappa shape index (κ1) is 16.6. The molecule has 0 radical (unpaired) electrons. The lowest BCUT2D eigenvalue weighted by Gasteiger charge is -2.09. The van der Waals surface area contributed by atoms with Gasteiger partial charge in [0.05, 0.1) is 13.2 Å². The molecule has 0 rings (SSSR count). The number of carbonyl (C=O) groups excluding carboxylic acids is 2. The minimum absolute atomic E-state index is 0. The Morgan fingerprint density at radius 1 is 1.20 bits per heavy atom. The number of nitrogens with two attached hydrogens (primary N) is 1. The van der Waals surface area contributed by atoms with Crippen LogP contribution in [0.3, 0.4) is 0 Å². The molecular weight excluding hydrogens is 222 g/mol. The molecule has 0 aliphatic carbocycles. The number of unbranched alkanes of at least 4 members (excludes halogenated alkanes) is 1. The molecule has 5 nitrogen and oxygen atoms in total. The molecule has 0 aromatic heterocycles. The summed E-state index contributed by atoms with van der Waals surface area (Å²) in [5.74, 6) is -1.47. The van der Waals surface area contributed by atoms with Crippen LogP contribution in [0, 0.1) is 0 Å². The Labute approximate surface area is 95.7 Å². The second-order valence-corrected chi connectivity index (χ2v) is 2.75. The Bertz CT molecular complexity index is 199. The molecule has 0 aliphatic heterocycles. The Hall–Kier alpha value is -0.810. The summed E-state index contributed by atoms with van der Waals surface area (Å²) in [6, 6.07) is -1.31. The van der Waals surface area contributed by atoms with Crippen LogP contribution >= 0.6 is 12.4 Å². The van der Waals surface area contributed by atoms with Crippen LogP contribution in [-0.4, -0.2) is 31.2 Å². The van der Waals surface area contributed by atoms with Gasteiger partial charge in [-0.25, -0.2) is 9.59 Å². The summed E-state index contributed by atoms with van der Waals surface area (Å²) in [6.45, 7) is 4.11. The summed E-state index contributed by atoms with van der Waals surface area (Å²) < 4.78 is 9.31. The average molecular weight is 240 g/mol. The molecule has 0 saturated carbocycles. The van der Waals surface area contributed by atoms with Crippen LogP contribution in [0.25, 0.3) is 0 Å². The molecule has 0 spiro atoms. The minimum Gasteiger partial charge on any atom is -0.464 e. The first-order valence-corrected chi connectivity index (χ1v) is 4.72. The van der Waals surface area contributed by atoms with Crippen molar-refractivity contribution in [1.29, 1.82) is 0 Å². The van der Waals surface area contributed by atoms with E-state index in [1.807, 2.05) is 6.92 Å². The van der Waals surface area contributed by atoms with E-state index in [4.69, 9.17) is 10.5 Å². The van der Waals surface area contributed by atoms with E-state index in [-0.39, 0.29) is 19.0 Å². The Balaban J connectivity index is 0. The molecule has 0 aromatic rings. The molecule has 90 valence electrons. The van der Waals surface area contributed by atoms with E-state index in [9.17, 15) is 9.59 Å². The summed E-state index contributed by atoms with van der Waals surface area (Å²) in [4.78, 5) is 22.1. The van der Waals surface area contributed by atoms with Crippen LogP contribution in [0.15, 0.2) is 0 Å². The molecule has 0 amide bonds. The molecule has 2 N–H and O–H groups in total. The Morgan fingerprint density at radius 2 is 1.73 bits per heavy atom. The molecule has 0 fully saturated rings. The third-order valence-electron chi connectivity index (χ3n) is 1.54. The van der Waals surface area contributed by atoms with Gasteiger partial charge in [0.2, 0.25) is 6.04 Å². The van der Waals surface area contributed by atoms with Crippen LogP contribution in [0.4, 0.5) is 0 Å². The second kappa shape index (κ2) is 9.73. The highest BCUT2D eigenvalue weighted by atomic mass is 35.5. The Kier molecular flexibility index (Phi) is 10.8. The van der Waals surface area contributed by atoms with Crippen LogP contribution in [0.2, 0.25) is 0 Å². The molecule has 0 saturated heterocycles. The van der Waals surface area contributed by atoms with Crippen LogP contribution in [0.1, 0.15) is 26.7 Å². The van der Waals surface area contributed by atoms with Crippen LogP contribution in [-0.2, 0) is 19.1 Å². The number of hydrogen-bond donors (Lipinski definition) is 1. The topological polar surface area (TPSA) is 78.6 Å². The van der Waals surface area contributed by atoms with E-state index >= 15 is 0 Å². The van der Waals surface area contributed by atoms with Crippen molar-refractivity contribution in [1.82, 2.24) is 0 Å². The number of ether oxygens (including phenoxy) is 2. The number of hydrogen-bond acceptors (Lipinski definition) is 5. The van der Waals surface area contributed by atoms with Crippen LogP contribution < -0.4 is 5.73 Å². The number of halogens is 1. The molecule has 1 atom stereocenters. The van der Waals surface area contributed by atoms with E-state index in [1.54, 1.807) is 6.92 Å². The van der Waals surface area contributed by atoms with Gasteiger partial charge < -0.3 is 15.2 Å². The van der Waals surface area contributed by atoms with E-state index in [0.717, 1.165) is 12.8 Å². The molecule has 0 aliphatic rings. The smallest absolute Gasteiger partial charge is 0.334 e. The first-order valence-electron chi connectivity index (χ1n) is 4.72. The first-order chi connectivity index (χ1) is 6.63. The SMILES string of the molecule is CCCCOC(=O)C(N)C(=O)OCC.Cl. The van der Waals surface area contributed by atoms with Crippen molar-refractivity contribution < 1.29 is 19.1 Å². The predicted octanol–water partition coefficient (Wildman–Crippen LogP) is 0.642. The average Bonchev–Trinajstić information content (AvgIpc) is 2.17. The normalized spacial score (nSPS) is 11.1. The number of carbonyl (C=O) groups is 2. The summed E-state index contributed by atoms with van der Waals surface area (Å²) in [5, 5.41) is 0. The molecule has 1 unspecified atom stereocenters. The maximum absolute atomic E-state index is 11.1. The van der Waals surface area contributed by atoms with Gasteiger partial charge in [-0.2, -0.15) is 0 Å². The Morgan fingerprint density at radius 3 is 2.20 bits per heavy atom. The molecular formula is C9H18ClNO4. The largest absolute Gasteiger partial charge is 0.464 e. The summed E-state index contributed by atoms with van der Waals surface area (Å²) in [5.41, 5.74) is 5.28. The van der Waals surface area contributed by atoms with Gasteiger partial charge in [-0.05, 0) is 13.3 Å². The van der Waals surface area contributed by atoms with E-state index in [1.165, 1.54) is 0 Å². The van der Waals surface area contributed by atoms with E-state index < -0.39 is 18.0 Å². The molecule has 0 bridgehead atoms. The molecule has 0 aromatic carbocycles. The van der Waals surface area contributed by atoms with Crippen molar-refractivity contribution in [3.05, 3.63) is 0 Å². The van der Waals surface area contributed by atoms with Crippen molar-refractivity contribution >= 4 is 24.3 Å². The molecule has 15 heavy (non-hydrogen) atoms. The zero-order valence-corrected chi connectivity index (χ0v) is 9.84. The van der Waals surface area contributed by atoms with Gasteiger partial charge in [0.15, 0.2) is 0 Å². The summed E-state index contributed by atoms with van der Waals surface area (Å²) >= 11 is 0. The van der Waals surface area contributed by atoms with E-state index in [2.05, 4.69) is 4.74 Å². The number of rotatable bonds is 6. The maximum Gasteiger partial charge on any atom is 0.334 e. The van der Waals surface area contributed by atoms with Gasteiger partial charge in [-0.3, -0.25) is 0 Å². The summed E-state index contributed by atoms with van der Waals surface area (Å²) in [7, 11) is 0. The third-order valence-corrected chi connectivity index (χ3v) is 1.54. The van der Waals surface area contributed by atoms with Gasteiger partial charge in [0.1, 0.15) is 0 Å². The fourth-order valence-corrected chi connectivity index (χ4v) is 0.735. The fraction of sp³-hybridized carbons (Fsp3) is 0.778. The highest BCUT2D eigenvalue weighted by Crippen LogP contribution is 1.93. The van der Waals surface area contributed by atoms with Crippen LogP contribution in [0.5, 0.6) is 0 Å². The lowest BCUT2D eigenvalue weighted by Crippen LogP contribution is -2.41. The maximum atomic E-state index is 11.1. The highest BCUT2D eigenvalue weighted by Gasteiger charge is 2.24. The summed E-state index contributed by atoms with van der Waals surface area (Å²) in [6.07, 6.45) is 1.68. The fourth-order valence-electron chi connectivity index (χ4n) is 0.735. The minimum atomic E-state index is -1.31. The lowest BCUT2D eigenvalue weighted by atomic mass is 10.3. The third kappa shape index (κ3) is 7.16. The molecule has 6 heteroatoms. The lowest BCUT2D eigenvalue weighted by molar-refractivity contribution is -0.156. The van der Waals surface area contributed by atoms with Crippen molar-refractivity contribution in [3.63, 3.8) is 0 Å². The van der Waals surface area contributed by atoms with E-state index in [0.29, 0.717) is 6.61 Å². The van der Waals surface area contributed by atoms with Crippen molar-refractivity contribution in [2.45, 2.75) is 32.7 Å². The quantitative estimate of drug-likeness (QED) is 0.418. The zero-order valence-electron chi connectivity index (χ0n) is 9.02. The van der Waals surface area contributed by atoms with Gasteiger partial charge in [-0.15, -0.1) is 12.4 Å². The highest BCUT2D eigenvalue weighted by molar-refractivity contribution is 5.98. The van der Waals surface area contributed by atoms with Crippen molar-refractivity contribution in [2.24, 2.45) is 5.73 Å². The van der Waals surface area contributed by atoms with Gasteiger partial charge in [0.25, 0.3) is 0 Å². The number of esters is 2. The predicted molar refractivity (Wildman–Crippen MR) is 57.7 cm³/mol. The standard InChI is InChI=1S/C9H17NO4.ClH/c1-3-5-6-14-9(12)7(10)8(11)13-4-2;/h7H,3-6,10H2,1-2H3;1H. The molecule has 0 heterocycles. The van der Waals surface area contributed by atoms with Gasteiger partial charge >= 0.3 is 11.9 Å². The monoisotopic (exact) mass is 239 g/mol. The van der Waals surface area contributed by atoms with Crippen molar-refractivity contribution in [3.8, 4) is 0 Å².